The van der Waals surface area contributed by atoms with E-state index >= 15 is 0 Å². The number of halogens is 1. The molecule has 3 rings (SSSR count). The molecule has 196 valence electrons. The minimum atomic E-state index is -3.71. The van der Waals surface area contributed by atoms with Crippen molar-refractivity contribution >= 4 is 27.5 Å². The molecule has 11 heteroatoms. The number of aromatic nitrogens is 1. The van der Waals surface area contributed by atoms with Crippen molar-refractivity contribution in [1.82, 2.24) is 19.9 Å². The van der Waals surface area contributed by atoms with E-state index in [2.05, 4.69) is 25.2 Å². The first kappa shape index (κ1) is 27.7. The Labute approximate surface area is 211 Å². The number of nitrogens with zero attached hydrogens (tertiary/aromatic N) is 2. The fourth-order valence-corrected chi connectivity index (χ4v) is 5.43. The van der Waals surface area contributed by atoms with Gasteiger partial charge in [-0.05, 0) is 102 Å². The molecule has 0 saturated carbocycles. The summed E-state index contributed by atoms with van der Waals surface area (Å²) in [6.45, 7) is 7.06. The number of pyridine rings is 1. The van der Waals surface area contributed by atoms with Crippen molar-refractivity contribution in [3.63, 3.8) is 0 Å². The molecule has 2 aromatic rings. The van der Waals surface area contributed by atoms with Crippen LogP contribution in [-0.2, 0) is 14.8 Å². The number of benzene rings is 1. The summed E-state index contributed by atoms with van der Waals surface area (Å²) in [5.74, 6) is -1.31. The van der Waals surface area contributed by atoms with Gasteiger partial charge in [0.2, 0.25) is 15.9 Å². The van der Waals surface area contributed by atoms with Crippen molar-refractivity contribution in [3.05, 3.63) is 54.1 Å². The largest absolute Gasteiger partial charge is 0.339 e. The Hall–Kier alpha value is -2.89. The number of carbonyl (C=O) groups excluding carboxylic acids is 2. The minimum absolute atomic E-state index is 0.0125. The highest BCUT2D eigenvalue weighted by Crippen LogP contribution is 2.23. The lowest BCUT2D eigenvalue weighted by molar-refractivity contribution is -0.118. The molecule has 0 radical (unpaired) electrons. The second-order valence-electron chi connectivity index (χ2n) is 10.2. The number of sulfonamides is 1. The summed E-state index contributed by atoms with van der Waals surface area (Å²) in [6, 6.07) is 7.39. The molecule has 0 aliphatic carbocycles. The normalized spacial score (nSPS) is 16.4. The van der Waals surface area contributed by atoms with Crippen LogP contribution in [0.1, 0.15) is 50.5 Å². The number of likely N-dealkylation sites (tertiary alicyclic amines) is 1. The topological polar surface area (TPSA) is 120 Å². The smallest absolute Gasteiger partial charge is 0.270 e. The number of hydrogen-bond acceptors (Lipinski definition) is 6. The molecule has 1 aliphatic heterocycles. The summed E-state index contributed by atoms with van der Waals surface area (Å²) >= 11 is 0. The van der Waals surface area contributed by atoms with Crippen LogP contribution in [0.5, 0.6) is 0 Å². The lowest BCUT2D eigenvalue weighted by atomic mass is 9.90. The Morgan fingerprint density at radius 1 is 1.11 bits per heavy atom. The van der Waals surface area contributed by atoms with Gasteiger partial charge >= 0.3 is 0 Å². The van der Waals surface area contributed by atoms with Crippen LogP contribution in [-0.4, -0.2) is 61.8 Å². The maximum absolute atomic E-state index is 13.2. The van der Waals surface area contributed by atoms with Crippen LogP contribution in [0.2, 0.25) is 0 Å². The third-order valence-electron chi connectivity index (χ3n) is 5.86. The molecule has 1 saturated heterocycles. The van der Waals surface area contributed by atoms with Gasteiger partial charge in [0, 0.05) is 11.2 Å². The summed E-state index contributed by atoms with van der Waals surface area (Å²) in [6.07, 6.45) is 3.19. The Morgan fingerprint density at radius 3 is 2.31 bits per heavy atom. The van der Waals surface area contributed by atoms with Gasteiger partial charge in [-0.15, -0.1) is 0 Å². The van der Waals surface area contributed by atoms with Crippen molar-refractivity contribution in [2.24, 2.45) is 5.92 Å². The zero-order valence-electron chi connectivity index (χ0n) is 21.0. The average molecular weight is 520 g/mol. The van der Waals surface area contributed by atoms with Gasteiger partial charge < -0.3 is 15.5 Å². The van der Waals surface area contributed by atoms with Crippen LogP contribution in [0, 0.1) is 11.7 Å². The summed E-state index contributed by atoms with van der Waals surface area (Å²) in [4.78, 5) is 32.0. The third-order valence-corrected chi connectivity index (χ3v) is 7.64. The molecule has 1 fully saturated rings. The molecule has 3 N–H and O–H groups in total. The molecule has 2 amide bonds. The van der Waals surface area contributed by atoms with Gasteiger partial charge in [-0.1, -0.05) is 0 Å². The van der Waals surface area contributed by atoms with E-state index in [9.17, 15) is 22.4 Å². The molecule has 1 aromatic carbocycles. The maximum atomic E-state index is 13.2. The van der Waals surface area contributed by atoms with Gasteiger partial charge in [-0.2, -0.15) is 0 Å². The number of rotatable bonds is 8. The van der Waals surface area contributed by atoms with Crippen molar-refractivity contribution in [2.45, 2.75) is 56.5 Å². The van der Waals surface area contributed by atoms with Gasteiger partial charge in [0.1, 0.15) is 17.6 Å². The molecule has 36 heavy (non-hydrogen) atoms. The molecule has 2 heterocycles. The van der Waals surface area contributed by atoms with Gasteiger partial charge in [-0.25, -0.2) is 22.5 Å². The highest BCUT2D eigenvalue weighted by atomic mass is 32.2. The van der Waals surface area contributed by atoms with Gasteiger partial charge in [0.05, 0.1) is 11.1 Å². The fourth-order valence-electron chi connectivity index (χ4n) is 4.01. The zero-order valence-corrected chi connectivity index (χ0v) is 21.9. The minimum Gasteiger partial charge on any atom is -0.339 e. The molecule has 1 unspecified atom stereocenters. The highest BCUT2D eigenvalue weighted by Gasteiger charge is 2.28. The highest BCUT2D eigenvalue weighted by molar-refractivity contribution is 7.89. The van der Waals surface area contributed by atoms with Crippen LogP contribution in [0.25, 0.3) is 0 Å². The first-order chi connectivity index (χ1) is 16.8. The predicted octanol–water partition coefficient (Wildman–Crippen LogP) is 2.77. The average Bonchev–Trinajstić information content (AvgIpc) is 2.79. The second-order valence-corrected chi connectivity index (χ2v) is 11.9. The number of carbonyl (C=O) groups is 2. The van der Waals surface area contributed by atoms with Crippen LogP contribution in [0.3, 0.4) is 0 Å². The molecular weight excluding hydrogens is 485 g/mol. The van der Waals surface area contributed by atoms with E-state index in [1.807, 2.05) is 7.05 Å². The van der Waals surface area contributed by atoms with E-state index < -0.39 is 39.2 Å². The number of anilines is 1. The van der Waals surface area contributed by atoms with Crippen LogP contribution in [0.15, 0.2) is 47.5 Å². The fraction of sp³-hybridized carbons (Fsp3) is 0.480. The van der Waals surface area contributed by atoms with Crippen molar-refractivity contribution in [2.75, 3.05) is 25.5 Å². The molecule has 1 aliphatic rings. The number of piperidine rings is 1. The lowest BCUT2D eigenvalue weighted by Gasteiger charge is -2.31. The molecule has 0 bridgehead atoms. The van der Waals surface area contributed by atoms with E-state index in [0.717, 1.165) is 38.2 Å². The number of amides is 2. The van der Waals surface area contributed by atoms with Crippen molar-refractivity contribution < 1.29 is 22.4 Å². The van der Waals surface area contributed by atoms with Gasteiger partial charge in [0.15, 0.2) is 0 Å². The second kappa shape index (κ2) is 11.4. The Morgan fingerprint density at radius 2 is 1.75 bits per heavy atom. The van der Waals surface area contributed by atoms with Gasteiger partial charge in [-0.3, -0.25) is 9.59 Å². The molecule has 0 spiro atoms. The van der Waals surface area contributed by atoms with E-state index in [4.69, 9.17) is 0 Å². The summed E-state index contributed by atoms with van der Waals surface area (Å²) in [5, 5.41) is 5.51. The van der Waals surface area contributed by atoms with Crippen molar-refractivity contribution in [1.29, 1.82) is 0 Å². The summed E-state index contributed by atoms with van der Waals surface area (Å²) in [7, 11) is -1.67. The first-order valence-electron chi connectivity index (χ1n) is 11.9. The van der Waals surface area contributed by atoms with E-state index in [0.29, 0.717) is 12.1 Å². The van der Waals surface area contributed by atoms with Crippen LogP contribution < -0.4 is 15.4 Å². The quantitative estimate of drug-likeness (QED) is 0.493. The van der Waals surface area contributed by atoms with Crippen molar-refractivity contribution in [3.8, 4) is 0 Å². The lowest BCUT2D eigenvalue weighted by Crippen LogP contribution is -2.46. The van der Waals surface area contributed by atoms with E-state index in [1.165, 1.54) is 30.3 Å². The molecule has 9 nitrogen and oxygen atoms in total. The van der Waals surface area contributed by atoms with E-state index in [-0.39, 0.29) is 16.5 Å². The number of hydrogen-bond donors (Lipinski definition) is 3. The monoisotopic (exact) mass is 519 g/mol. The molecule has 1 atom stereocenters. The van der Waals surface area contributed by atoms with Crippen LogP contribution in [0.4, 0.5) is 10.1 Å². The number of nitrogens with one attached hydrogen (secondary N) is 3. The Kier molecular flexibility index (Phi) is 8.80. The Bertz CT molecular complexity index is 1160. The summed E-state index contributed by atoms with van der Waals surface area (Å²) < 4.78 is 40.9. The first-order valence-corrected chi connectivity index (χ1v) is 13.4. The molecule has 1 aromatic heterocycles. The predicted molar refractivity (Wildman–Crippen MR) is 135 cm³/mol. The standard InChI is InChI=1S/C25H34FN5O4S/c1-25(2,3)30-36(34,35)20-8-6-19(7-9-20)28-24(33)22(15-17-11-13-31(4)14-12-17)29-23(32)21-10-5-18(26)16-27-21/h5-10,16-17,22,30H,11-15H2,1-4H3,(H,28,33)(H,29,32). The molecular formula is C25H34FN5O4S. The van der Waals surface area contributed by atoms with Gasteiger partial charge in [0.25, 0.3) is 5.91 Å². The van der Waals surface area contributed by atoms with E-state index in [1.54, 1.807) is 20.8 Å². The zero-order chi connectivity index (χ0) is 26.5. The summed E-state index contributed by atoms with van der Waals surface area (Å²) in [5.41, 5.74) is -0.222. The van der Waals surface area contributed by atoms with Crippen LogP contribution >= 0.6 is 0 Å². The Balaban J connectivity index is 1.73. The SMILES string of the molecule is CN1CCC(CC(NC(=O)c2ccc(F)cn2)C(=O)Nc2ccc(S(=O)(=O)NC(C)(C)C)cc2)CC1. The maximum Gasteiger partial charge on any atom is 0.270 e. The third kappa shape index (κ3) is 8.07.